The van der Waals surface area contributed by atoms with Crippen LogP contribution in [0.2, 0.25) is 0 Å². The molecule has 1 aliphatic heterocycles. The maximum absolute atomic E-state index is 11.8. The van der Waals surface area contributed by atoms with Crippen molar-refractivity contribution in [2.75, 3.05) is 26.2 Å². The summed E-state index contributed by atoms with van der Waals surface area (Å²) in [5, 5.41) is 6.32. The van der Waals surface area contributed by atoms with Crippen LogP contribution in [0.4, 0.5) is 13.2 Å². The minimum atomic E-state index is -4.00. The molecule has 1 unspecified atom stereocenters. The van der Waals surface area contributed by atoms with Crippen LogP contribution in [0.5, 0.6) is 0 Å². The third kappa shape index (κ3) is 6.73. The summed E-state index contributed by atoms with van der Waals surface area (Å²) in [6.45, 7) is 3.45. The number of nitrogens with one attached hydrogen (secondary N) is 2. The fraction of sp³-hybridized carbons (Fsp3) is 1.00. The molecule has 1 saturated heterocycles. The molecule has 0 aromatic rings. The van der Waals surface area contributed by atoms with Gasteiger partial charge in [-0.15, -0.1) is 0 Å². The van der Waals surface area contributed by atoms with Gasteiger partial charge in [0.25, 0.3) is 0 Å². The Kier molecular flexibility index (Phi) is 5.39. The number of hydrogen-bond donors (Lipinski definition) is 2. The molecule has 0 saturated carbocycles. The van der Waals surface area contributed by atoms with Crippen molar-refractivity contribution < 1.29 is 13.2 Å². The quantitative estimate of drug-likeness (QED) is 0.673. The first-order valence-electron chi connectivity index (χ1n) is 5.56. The summed E-state index contributed by atoms with van der Waals surface area (Å²) in [7, 11) is 0. The van der Waals surface area contributed by atoms with E-state index in [4.69, 9.17) is 0 Å². The lowest BCUT2D eigenvalue weighted by Gasteiger charge is -2.10. The van der Waals surface area contributed by atoms with Crippen LogP contribution >= 0.6 is 0 Å². The Labute approximate surface area is 88.6 Å². The van der Waals surface area contributed by atoms with Gasteiger partial charge in [-0.25, -0.2) is 0 Å². The van der Waals surface area contributed by atoms with E-state index in [-0.39, 0.29) is 6.42 Å². The van der Waals surface area contributed by atoms with Crippen LogP contribution in [-0.4, -0.2) is 32.4 Å². The van der Waals surface area contributed by atoms with Gasteiger partial charge in [-0.1, -0.05) is 0 Å². The van der Waals surface area contributed by atoms with Crippen molar-refractivity contribution in [3.8, 4) is 0 Å². The third-order valence-corrected chi connectivity index (χ3v) is 2.71. The Bertz CT molecular complexity index is 165. The summed E-state index contributed by atoms with van der Waals surface area (Å²) in [4.78, 5) is 0. The van der Waals surface area contributed by atoms with Gasteiger partial charge < -0.3 is 10.6 Å². The zero-order valence-corrected chi connectivity index (χ0v) is 8.87. The number of hydrogen-bond acceptors (Lipinski definition) is 2. The van der Waals surface area contributed by atoms with E-state index in [2.05, 4.69) is 10.6 Å². The lowest BCUT2D eigenvalue weighted by Crippen LogP contribution is -2.21. The fourth-order valence-electron chi connectivity index (χ4n) is 1.81. The van der Waals surface area contributed by atoms with Crippen molar-refractivity contribution in [2.24, 2.45) is 5.92 Å². The number of alkyl halides is 3. The van der Waals surface area contributed by atoms with Crippen molar-refractivity contribution in [3.63, 3.8) is 0 Å². The number of halogens is 3. The Morgan fingerprint density at radius 1 is 1.27 bits per heavy atom. The molecule has 0 aliphatic carbocycles. The molecule has 1 rings (SSSR count). The Morgan fingerprint density at radius 3 is 2.67 bits per heavy atom. The first-order chi connectivity index (χ1) is 7.08. The highest BCUT2D eigenvalue weighted by atomic mass is 19.4. The zero-order valence-electron chi connectivity index (χ0n) is 8.87. The second kappa shape index (κ2) is 6.33. The molecule has 1 atom stereocenters. The van der Waals surface area contributed by atoms with Gasteiger partial charge in [0, 0.05) is 6.42 Å². The van der Waals surface area contributed by atoms with E-state index < -0.39 is 12.6 Å². The molecule has 1 aliphatic rings. The summed E-state index contributed by atoms with van der Waals surface area (Å²) < 4.78 is 35.3. The molecule has 2 nitrogen and oxygen atoms in total. The average molecular weight is 224 g/mol. The Balaban J connectivity index is 1.84. The SMILES string of the molecule is FC(F)(F)CCCNCCC1CCNC1. The van der Waals surface area contributed by atoms with E-state index in [0.29, 0.717) is 12.5 Å². The van der Waals surface area contributed by atoms with Crippen LogP contribution in [0.25, 0.3) is 0 Å². The van der Waals surface area contributed by atoms with Gasteiger partial charge in [0.2, 0.25) is 0 Å². The van der Waals surface area contributed by atoms with E-state index in [1.165, 1.54) is 6.42 Å². The van der Waals surface area contributed by atoms with Crippen molar-refractivity contribution in [2.45, 2.75) is 31.9 Å². The van der Waals surface area contributed by atoms with E-state index in [1.807, 2.05) is 0 Å². The van der Waals surface area contributed by atoms with Crippen molar-refractivity contribution in [3.05, 3.63) is 0 Å². The fourth-order valence-corrected chi connectivity index (χ4v) is 1.81. The van der Waals surface area contributed by atoms with Crippen molar-refractivity contribution >= 4 is 0 Å². The molecule has 0 aromatic heterocycles. The molecule has 0 radical (unpaired) electrons. The summed E-state index contributed by atoms with van der Waals surface area (Å²) in [6.07, 6.45) is -2.22. The first kappa shape index (κ1) is 12.8. The standard InChI is InChI=1S/C10H19F3N2/c11-10(12,13)4-1-5-14-6-2-9-3-7-15-8-9/h9,14-15H,1-8H2. The second-order valence-corrected chi connectivity index (χ2v) is 4.12. The average Bonchev–Trinajstić information content (AvgIpc) is 2.61. The molecule has 1 heterocycles. The highest BCUT2D eigenvalue weighted by Gasteiger charge is 2.25. The van der Waals surface area contributed by atoms with Crippen molar-refractivity contribution in [1.82, 2.24) is 10.6 Å². The van der Waals surface area contributed by atoms with Crippen molar-refractivity contribution in [1.29, 1.82) is 0 Å². The van der Waals surface area contributed by atoms with Gasteiger partial charge >= 0.3 is 6.18 Å². The predicted octanol–water partition coefficient (Wildman–Crippen LogP) is 1.92. The maximum Gasteiger partial charge on any atom is 0.389 e. The lowest BCUT2D eigenvalue weighted by atomic mass is 10.1. The zero-order chi connectivity index (χ0) is 11.1. The van der Waals surface area contributed by atoms with Crippen LogP contribution in [0, 0.1) is 5.92 Å². The van der Waals surface area contributed by atoms with Crippen LogP contribution in [0.1, 0.15) is 25.7 Å². The second-order valence-electron chi connectivity index (χ2n) is 4.12. The van der Waals surface area contributed by atoms with E-state index in [1.54, 1.807) is 0 Å². The summed E-state index contributed by atoms with van der Waals surface area (Å²) in [6, 6.07) is 0. The normalized spacial score (nSPS) is 22.2. The largest absolute Gasteiger partial charge is 0.389 e. The summed E-state index contributed by atoms with van der Waals surface area (Å²) in [5.41, 5.74) is 0. The molecule has 0 aromatic carbocycles. The van der Waals surface area contributed by atoms with Crippen LogP contribution in [0.15, 0.2) is 0 Å². The molecule has 1 fully saturated rings. The van der Waals surface area contributed by atoms with Gasteiger partial charge in [0.1, 0.15) is 0 Å². The Hall–Kier alpha value is -0.290. The van der Waals surface area contributed by atoms with E-state index in [0.717, 1.165) is 26.1 Å². The third-order valence-electron chi connectivity index (χ3n) is 2.71. The van der Waals surface area contributed by atoms with Crippen LogP contribution in [0.3, 0.4) is 0 Å². The number of rotatable bonds is 6. The molecular weight excluding hydrogens is 205 g/mol. The minimum Gasteiger partial charge on any atom is -0.317 e. The van der Waals surface area contributed by atoms with Crippen LogP contribution in [-0.2, 0) is 0 Å². The van der Waals surface area contributed by atoms with Gasteiger partial charge in [-0.3, -0.25) is 0 Å². The highest BCUT2D eigenvalue weighted by molar-refractivity contribution is 4.71. The van der Waals surface area contributed by atoms with Gasteiger partial charge in [0.05, 0.1) is 0 Å². The first-order valence-corrected chi connectivity index (χ1v) is 5.56. The highest BCUT2D eigenvalue weighted by Crippen LogP contribution is 2.20. The molecule has 5 heteroatoms. The Morgan fingerprint density at radius 2 is 2.07 bits per heavy atom. The molecule has 0 spiro atoms. The topological polar surface area (TPSA) is 24.1 Å². The molecule has 0 bridgehead atoms. The monoisotopic (exact) mass is 224 g/mol. The van der Waals surface area contributed by atoms with Crippen LogP contribution < -0.4 is 10.6 Å². The van der Waals surface area contributed by atoms with E-state index in [9.17, 15) is 13.2 Å². The smallest absolute Gasteiger partial charge is 0.317 e. The molecule has 0 amide bonds. The molecule has 15 heavy (non-hydrogen) atoms. The van der Waals surface area contributed by atoms with E-state index >= 15 is 0 Å². The van der Waals surface area contributed by atoms with Gasteiger partial charge in [-0.05, 0) is 51.4 Å². The molecule has 90 valence electrons. The summed E-state index contributed by atoms with van der Waals surface area (Å²) in [5.74, 6) is 0.708. The molecular formula is C10H19F3N2. The molecule has 2 N–H and O–H groups in total. The predicted molar refractivity (Wildman–Crippen MR) is 53.8 cm³/mol. The van der Waals surface area contributed by atoms with Gasteiger partial charge in [0.15, 0.2) is 0 Å². The summed E-state index contributed by atoms with van der Waals surface area (Å²) >= 11 is 0. The minimum absolute atomic E-state index is 0.187. The maximum atomic E-state index is 11.8. The lowest BCUT2D eigenvalue weighted by molar-refractivity contribution is -0.135. The van der Waals surface area contributed by atoms with Gasteiger partial charge in [-0.2, -0.15) is 13.2 Å².